The average Bonchev–Trinajstić information content (AvgIpc) is 2.75. The molecule has 0 saturated heterocycles. The van der Waals surface area contributed by atoms with Gasteiger partial charge in [0.1, 0.15) is 0 Å². The number of aliphatic hydroxyl groups is 1. The largest absolute Gasteiger partial charge is 0.758 e. The van der Waals surface area contributed by atoms with Gasteiger partial charge in [-0.3, -0.25) is 4.79 Å². The number of Topliss-reactive ketones (excluding diaryl/α,β-unsaturated/α-hetero) is 1. The number of aromatic nitrogens is 1. The van der Waals surface area contributed by atoms with Gasteiger partial charge in [-0.05, 0) is 29.2 Å². The second-order valence-electron chi connectivity index (χ2n) is 6.34. The molecule has 1 unspecified atom stereocenters. The standard InChI is InChI=1S/C23H22N2O2S/c1-2-24-23(28)21(25-14-6-7-17(15-25)16-26)22(27)20-12-10-19(11-13-20)18-8-4-3-5-9-18/h3-15,21,26H,2,16H2,1H3. The molecule has 0 amide bonds. The number of rotatable bonds is 7. The number of nitrogens with zero attached hydrogens (tertiary/aromatic N) is 2. The van der Waals surface area contributed by atoms with Gasteiger partial charge in [0.2, 0.25) is 11.8 Å². The van der Waals surface area contributed by atoms with Crippen molar-refractivity contribution < 1.29 is 14.5 Å². The van der Waals surface area contributed by atoms with E-state index in [2.05, 4.69) is 4.99 Å². The second kappa shape index (κ2) is 9.35. The molecule has 2 aromatic carbocycles. The molecule has 1 N–H and O–H groups in total. The fraction of sp³-hybridized carbons (Fsp3) is 0.174. The van der Waals surface area contributed by atoms with Gasteiger partial charge in [-0.25, -0.2) is 0 Å². The smallest absolute Gasteiger partial charge is 0.237 e. The second-order valence-corrected chi connectivity index (χ2v) is 6.76. The van der Waals surface area contributed by atoms with Gasteiger partial charge in [0, 0.05) is 23.7 Å². The number of hydrogen-bond acceptors (Lipinski definition) is 4. The summed E-state index contributed by atoms with van der Waals surface area (Å²) in [4.78, 5) is 17.6. The molecule has 0 bridgehead atoms. The Bertz CT molecular complexity index is 969. The minimum absolute atomic E-state index is 0.106. The zero-order chi connectivity index (χ0) is 19.9. The van der Waals surface area contributed by atoms with Crippen LogP contribution in [0.1, 0.15) is 28.9 Å². The molecule has 0 aliphatic carbocycles. The van der Waals surface area contributed by atoms with Gasteiger partial charge in [0.05, 0.1) is 6.61 Å². The third-order valence-corrected chi connectivity index (χ3v) is 4.79. The first kappa shape index (κ1) is 19.9. The third kappa shape index (κ3) is 4.50. The Hall–Kier alpha value is -2.89. The van der Waals surface area contributed by atoms with E-state index >= 15 is 0 Å². The van der Waals surface area contributed by atoms with E-state index in [1.807, 2.05) is 61.5 Å². The number of aliphatic imine (C=N–C) groups is 1. The first-order chi connectivity index (χ1) is 13.6. The van der Waals surface area contributed by atoms with Gasteiger partial charge in [-0.2, -0.15) is 4.57 Å². The Kier molecular flexibility index (Phi) is 6.63. The van der Waals surface area contributed by atoms with Crippen molar-refractivity contribution in [2.24, 2.45) is 4.99 Å². The number of benzene rings is 2. The van der Waals surface area contributed by atoms with Crippen LogP contribution >= 0.6 is 0 Å². The highest BCUT2D eigenvalue weighted by Gasteiger charge is 2.28. The summed E-state index contributed by atoms with van der Waals surface area (Å²) in [6, 6.07) is 20.4. The molecule has 1 atom stereocenters. The molecule has 0 radical (unpaired) electrons. The molecule has 0 aliphatic rings. The molecule has 142 valence electrons. The summed E-state index contributed by atoms with van der Waals surface area (Å²) in [6.07, 6.45) is 3.51. The molecule has 1 aromatic heterocycles. The lowest BCUT2D eigenvalue weighted by Gasteiger charge is -2.19. The van der Waals surface area contributed by atoms with Crippen molar-refractivity contribution in [1.29, 1.82) is 0 Å². The Morgan fingerprint density at radius 1 is 1.04 bits per heavy atom. The average molecular weight is 391 g/mol. The van der Waals surface area contributed by atoms with Crippen LogP contribution in [0.2, 0.25) is 0 Å². The SMILES string of the molecule is CCN=C([S-])C(C(=O)c1ccc(-c2ccccc2)cc1)[n+]1cccc(CO)c1. The zero-order valence-electron chi connectivity index (χ0n) is 15.7. The minimum Gasteiger partial charge on any atom is -0.758 e. The summed E-state index contributed by atoms with van der Waals surface area (Å²) in [5.74, 6) is -0.123. The summed E-state index contributed by atoms with van der Waals surface area (Å²) in [7, 11) is 0. The lowest BCUT2D eigenvalue weighted by Crippen LogP contribution is -2.48. The molecule has 5 heteroatoms. The van der Waals surface area contributed by atoms with Gasteiger partial charge in [-0.1, -0.05) is 54.6 Å². The van der Waals surface area contributed by atoms with Crippen LogP contribution < -0.4 is 4.57 Å². The highest BCUT2D eigenvalue weighted by molar-refractivity contribution is 7.77. The predicted octanol–water partition coefficient (Wildman–Crippen LogP) is 3.52. The molecular formula is C23H22N2O2S. The van der Waals surface area contributed by atoms with Gasteiger partial charge >= 0.3 is 0 Å². The van der Waals surface area contributed by atoms with Crippen molar-refractivity contribution in [3.63, 3.8) is 0 Å². The van der Waals surface area contributed by atoms with Crippen LogP contribution in [0.5, 0.6) is 0 Å². The van der Waals surface area contributed by atoms with E-state index < -0.39 is 6.04 Å². The molecule has 28 heavy (non-hydrogen) atoms. The monoisotopic (exact) mass is 390 g/mol. The lowest BCUT2D eigenvalue weighted by atomic mass is 9.99. The van der Waals surface area contributed by atoms with Crippen LogP contribution in [0.4, 0.5) is 0 Å². The van der Waals surface area contributed by atoms with Crippen molar-refractivity contribution in [3.8, 4) is 11.1 Å². The summed E-state index contributed by atoms with van der Waals surface area (Å²) in [6.45, 7) is 2.29. The Balaban J connectivity index is 1.96. The summed E-state index contributed by atoms with van der Waals surface area (Å²) in [5, 5.41) is 9.76. The molecule has 4 nitrogen and oxygen atoms in total. The van der Waals surface area contributed by atoms with Gasteiger partial charge in [0.15, 0.2) is 12.4 Å². The normalized spacial score (nSPS) is 12.6. The molecule has 0 fully saturated rings. The molecule has 3 aromatic rings. The topological polar surface area (TPSA) is 53.5 Å². The quantitative estimate of drug-likeness (QED) is 0.221. The molecule has 3 rings (SSSR count). The van der Waals surface area contributed by atoms with Crippen LogP contribution in [0.15, 0.2) is 84.1 Å². The van der Waals surface area contributed by atoms with Gasteiger partial charge < -0.3 is 22.7 Å². The van der Waals surface area contributed by atoms with Crippen LogP contribution in [0.3, 0.4) is 0 Å². The zero-order valence-corrected chi connectivity index (χ0v) is 16.5. The van der Waals surface area contributed by atoms with Crippen molar-refractivity contribution >= 4 is 23.5 Å². The van der Waals surface area contributed by atoms with E-state index in [9.17, 15) is 9.90 Å². The number of ketones is 1. The van der Waals surface area contributed by atoms with Crippen molar-refractivity contribution in [2.75, 3.05) is 6.54 Å². The van der Waals surface area contributed by atoms with E-state index in [1.165, 1.54) is 0 Å². The van der Waals surface area contributed by atoms with Crippen molar-refractivity contribution in [3.05, 3.63) is 90.3 Å². The van der Waals surface area contributed by atoms with Crippen LogP contribution in [-0.2, 0) is 19.2 Å². The number of carbonyl (C=O) groups excluding carboxylic acids is 1. The highest BCUT2D eigenvalue weighted by atomic mass is 32.1. The number of pyridine rings is 1. The van der Waals surface area contributed by atoms with E-state index in [1.54, 1.807) is 29.1 Å². The highest BCUT2D eigenvalue weighted by Crippen LogP contribution is 2.21. The van der Waals surface area contributed by atoms with Gasteiger partial charge in [-0.15, -0.1) is 0 Å². The third-order valence-electron chi connectivity index (χ3n) is 4.44. The van der Waals surface area contributed by atoms with Crippen molar-refractivity contribution in [2.45, 2.75) is 19.6 Å². The molecule has 0 saturated carbocycles. The minimum atomic E-state index is -0.718. The lowest BCUT2D eigenvalue weighted by molar-refractivity contribution is -0.692. The first-order valence-corrected chi connectivity index (χ1v) is 9.56. The van der Waals surface area contributed by atoms with Crippen LogP contribution in [0.25, 0.3) is 11.1 Å². The van der Waals surface area contributed by atoms with Crippen molar-refractivity contribution in [1.82, 2.24) is 0 Å². The molecule has 1 heterocycles. The molecule has 0 spiro atoms. The Morgan fingerprint density at radius 2 is 1.71 bits per heavy atom. The summed E-state index contributed by atoms with van der Waals surface area (Å²) in [5.41, 5.74) is 3.42. The van der Waals surface area contributed by atoms with Gasteiger partial charge in [0.25, 0.3) is 0 Å². The Morgan fingerprint density at radius 3 is 2.36 bits per heavy atom. The fourth-order valence-corrected chi connectivity index (χ4v) is 3.39. The molecular weight excluding hydrogens is 368 g/mol. The maximum absolute atomic E-state index is 13.3. The first-order valence-electron chi connectivity index (χ1n) is 9.15. The maximum atomic E-state index is 13.3. The van der Waals surface area contributed by atoms with E-state index in [0.29, 0.717) is 22.7 Å². The van der Waals surface area contributed by atoms with Crippen LogP contribution in [0, 0.1) is 0 Å². The number of hydrogen-bond donors (Lipinski definition) is 1. The van der Waals surface area contributed by atoms with E-state index in [0.717, 1.165) is 11.1 Å². The summed E-state index contributed by atoms with van der Waals surface area (Å²) < 4.78 is 1.72. The fourth-order valence-electron chi connectivity index (χ4n) is 3.03. The molecule has 0 aliphatic heterocycles. The summed E-state index contributed by atoms with van der Waals surface area (Å²) >= 11 is 5.44. The Labute approximate surface area is 170 Å². The predicted molar refractivity (Wildman–Crippen MR) is 113 cm³/mol. The maximum Gasteiger partial charge on any atom is 0.237 e. The van der Waals surface area contributed by atoms with E-state index in [-0.39, 0.29) is 12.4 Å². The van der Waals surface area contributed by atoms with Crippen LogP contribution in [-0.4, -0.2) is 22.5 Å². The number of aliphatic hydroxyl groups excluding tert-OH is 1. The van der Waals surface area contributed by atoms with E-state index in [4.69, 9.17) is 12.6 Å². The number of carbonyl (C=O) groups is 1.